The van der Waals surface area contributed by atoms with Gasteiger partial charge < -0.3 is 19.2 Å². The quantitative estimate of drug-likeness (QED) is 0.515. The van der Waals surface area contributed by atoms with Crippen LogP contribution in [0.2, 0.25) is 0 Å². The lowest BCUT2D eigenvalue weighted by Gasteiger charge is -2.26. The molecule has 0 radical (unpaired) electrons. The second-order valence-electron chi connectivity index (χ2n) is 10.3. The van der Waals surface area contributed by atoms with Gasteiger partial charge in [0.05, 0.1) is 29.7 Å². The van der Waals surface area contributed by atoms with E-state index in [9.17, 15) is 10.1 Å². The van der Waals surface area contributed by atoms with E-state index in [1.54, 1.807) is 0 Å². The summed E-state index contributed by atoms with van der Waals surface area (Å²) in [6.45, 7) is 5.70. The van der Waals surface area contributed by atoms with Crippen LogP contribution in [0.1, 0.15) is 92.0 Å². The van der Waals surface area contributed by atoms with Gasteiger partial charge in [0.1, 0.15) is 11.9 Å². The van der Waals surface area contributed by atoms with Crippen LogP contribution < -0.4 is 5.32 Å². The molecule has 1 amide bonds. The topological polar surface area (TPSA) is 84.9 Å². The number of aromatic nitrogens is 3. The summed E-state index contributed by atoms with van der Waals surface area (Å²) in [6, 6.07) is 2.89. The highest BCUT2D eigenvalue weighted by atomic mass is 32.2. The summed E-state index contributed by atoms with van der Waals surface area (Å²) in [6.07, 6.45) is 12.5. The Labute approximate surface area is 212 Å². The van der Waals surface area contributed by atoms with Gasteiger partial charge in [-0.15, -0.1) is 0 Å². The molecule has 5 rings (SSSR count). The normalized spacial score (nSPS) is 20.5. The van der Waals surface area contributed by atoms with E-state index in [1.807, 2.05) is 0 Å². The van der Waals surface area contributed by atoms with Crippen molar-refractivity contribution in [3.63, 3.8) is 0 Å². The van der Waals surface area contributed by atoms with Crippen molar-refractivity contribution in [1.82, 2.24) is 14.1 Å². The second kappa shape index (κ2) is 10.8. The van der Waals surface area contributed by atoms with Crippen LogP contribution >= 0.6 is 11.8 Å². The molecule has 0 bridgehead atoms. The largest absolute Gasteiger partial charge is 0.376 e. The molecule has 1 saturated heterocycles. The molecule has 188 valence electrons. The zero-order chi connectivity index (χ0) is 24.4. The van der Waals surface area contributed by atoms with Crippen molar-refractivity contribution in [2.75, 3.05) is 17.7 Å². The number of carbonyl (C=O) groups excluding carboxylic acids is 1. The first-order valence-electron chi connectivity index (χ1n) is 13.3. The number of ether oxygens (including phenoxy) is 1. The van der Waals surface area contributed by atoms with Crippen molar-refractivity contribution in [1.29, 1.82) is 5.26 Å². The zero-order valence-electron chi connectivity index (χ0n) is 21.1. The van der Waals surface area contributed by atoms with Gasteiger partial charge in [-0.1, -0.05) is 31.0 Å². The number of nitrogens with zero attached hydrogens (tertiary/aromatic N) is 4. The predicted octanol–water partition coefficient (Wildman–Crippen LogP) is 5.47. The Balaban J connectivity index is 1.35. The van der Waals surface area contributed by atoms with Crippen molar-refractivity contribution in [2.24, 2.45) is 0 Å². The maximum Gasteiger partial charge on any atom is 0.235 e. The van der Waals surface area contributed by atoms with Gasteiger partial charge >= 0.3 is 0 Å². The minimum atomic E-state index is -0.0802. The van der Waals surface area contributed by atoms with Crippen LogP contribution in [0.25, 0.3) is 0 Å². The van der Waals surface area contributed by atoms with Crippen molar-refractivity contribution >= 4 is 23.5 Å². The molecular weight excluding hydrogens is 458 g/mol. The average molecular weight is 496 g/mol. The van der Waals surface area contributed by atoms with Crippen molar-refractivity contribution in [3.8, 4) is 6.07 Å². The molecule has 1 saturated carbocycles. The van der Waals surface area contributed by atoms with Gasteiger partial charge in [0.25, 0.3) is 0 Å². The highest BCUT2D eigenvalue weighted by molar-refractivity contribution is 7.99. The molecule has 3 heterocycles. The van der Waals surface area contributed by atoms with Gasteiger partial charge in [0.2, 0.25) is 5.91 Å². The summed E-state index contributed by atoms with van der Waals surface area (Å²) < 4.78 is 10.5. The highest BCUT2D eigenvalue weighted by Gasteiger charge is 2.29. The zero-order valence-corrected chi connectivity index (χ0v) is 21.9. The molecule has 2 aliphatic carbocycles. The van der Waals surface area contributed by atoms with Crippen LogP contribution in [-0.2, 0) is 28.9 Å². The first-order chi connectivity index (χ1) is 17.1. The Hall–Kier alpha value is -2.24. The summed E-state index contributed by atoms with van der Waals surface area (Å²) in [4.78, 5) is 18.0. The van der Waals surface area contributed by atoms with E-state index < -0.39 is 0 Å². The maximum atomic E-state index is 13.2. The lowest BCUT2D eigenvalue weighted by molar-refractivity contribution is -0.113. The van der Waals surface area contributed by atoms with Crippen molar-refractivity contribution in [3.05, 3.63) is 28.2 Å². The third kappa shape index (κ3) is 5.03. The Morgan fingerprint density at radius 3 is 2.69 bits per heavy atom. The number of anilines is 1. The van der Waals surface area contributed by atoms with E-state index >= 15 is 0 Å². The molecule has 1 N–H and O–H groups in total. The molecule has 0 spiro atoms. The minimum absolute atomic E-state index is 0.0802. The van der Waals surface area contributed by atoms with Gasteiger partial charge in [0, 0.05) is 24.0 Å². The lowest BCUT2D eigenvalue weighted by atomic mass is 9.95. The number of imidazole rings is 1. The minimum Gasteiger partial charge on any atom is -0.376 e. The van der Waals surface area contributed by atoms with Crippen LogP contribution in [0.4, 0.5) is 5.82 Å². The molecule has 3 aliphatic rings. The number of fused-ring (bicyclic) bond motifs is 1. The maximum absolute atomic E-state index is 13.2. The van der Waals surface area contributed by atoms with E-state index in [2.05, 4.69) is 34.4 Å². The summed E-state index contributed by atoms with van der Waals surface area (Å²) in [5.74, 6) is 0.871. The van der Waals surface area contributed by atoms with Crippen LogP contribution in [0.5, 0.6) is 0 Å². The fourth-order valence-corrected chi connectivity index (χ4v) is 7.04. The van der Waals surface area contributed by atoms with E-state index in [0.29, 0.717) is 24.0 Å². The number of rotatable bonds is 7. The highest BCUT2D eigenvalue weighted by Crippen LogP contribution is 2.36. The fraction of sp³-hybridized carbons (Fsp3) is 0.667. The summed E-state index contributed by atoms with van der Waals surface area (Å²) >= 11 is 1.51. The number of carbonyl (C=O) groups is 1. The number of nitriles is 1. The number of hydrogen-bond acceptors (Lipinski definition) is 5. The fourth-order valence-electron chi connectivity index (χ4n) is 6.08. The predicted molar refractivity (Wildman–Crippen MR) is 138 cm³/mol. The monoisotopic (exact) mass is 495 g/mol. The third-order valence-electron chi connectivity index (χ3n) is 7.98. The Morgan fingerprint density at radius 1 is 1.14 bits per heavy atom. The number of amides is 1. The van der Waals surface area contributed by atoms with Gasteiger partial charge in [-0.05, 0) is 70.8 Å². The van der Waals surface area contributed by atoms with Gasteiger partial charge in [-0.25, -0.2) is 4.98 Å². The molecule has 1 atom stereocenters. The second-order valence-corrected chi connectivity index (χ2v) is 11.2. The summed E-state index contributed by atoms with van der Waals surface area (Å²) in [5, 5.41) is 14.1. The molecule has 35 heavy (non-hydrogen) atoms. The smallest absolute Gasteiger partial charge is 0.235 e. The molecule has 2 aromatic rings. The van der Waals surface area contributed by atoms with Gasteiger partial charge in [-0.3, -0.25) is 4.79 Å². The first-order valence-corrected chi connectivity index (χ1v) is 14.3. The molecule has 8 heteroatoms. The molecule has 2 aromatic heterocycles. The summed E-state index contributed by atoms with van der Waals surface area (Å²) in [7, 11) is 0. The van der Waals surface area contributed by atoms with Crippen molar-refractivity contribution < 1.29 is 9.53 Å². The number of thioether (sulfide) groups is 1. The van der Waals surface area contributed by atoms with Crippen LogP contribution in [-0.4, -0.2) is 38.5 Å². The average Bonchev–Trinajstić information content (AvgIpc) is 3.56. The van der Waals surface area contributed by atoms with Crippen molar-refractivity contribution in [2.45, 2.75) is 108 Å². The molecule has 1 aliphatic heterocycles. The van der Waals surface area contributed by atoms with Crippen LogP contribution in [0.3, 0.4) is 0 Å². The van der Waals surface area contributed by atoms with Gasteiger partial charge in [0.15, 0.2) is 5.16 Å². The molecule has 2 fully saturated rings. The van der Waals surface area contributed by atoms with Crippen LogP contribution in [0, 0.1) is 25.2 Å². The lowest BCUT2D eigenvalue weighted by Crippen LogP contribution is -2.23. The standard InChI is InChI=1S/C27H37N5O2S/c1-18-19(2)32(20-9-4-3-5-10-20)27(29-18)35-17-25(33)30-26-23(15-28)22-12-6-7-13-24(22)31(26)16-21-11-8-14-34-21/h20-21H,3-14,16-17H2,1-2H3,(H,30,33). The SMILES string of the molecule is Cc1nc(SCC(=O)Nc2c(C#N)c3c(n2CC2CCCO2)CCCC3)n(C2CCCCC2)c1C. The third-order valence-corrected chi connectivity index (χ3v) is 8.93. The van der Waals surface area contributed by atoms with E-state index in [0.717, 1.165) is 61.5 Å². The number of hydrogen-bond donors (Lipinski definition) is 1. The molecule has 7 nitrogen and oxygen atoms in total. The molecular formula is C27H37N5O2S. The van der Waals surface area contributed by atoms with Crippen LogP contribution in [0.15, 0.2) is 5.16 Å². The Bertz CT molecular complexity index is 1120. The Kier molecular flexibility index (Phi) is 7.54. The van der Waals surface area contributed by atoms with Gasteiger partial charge in [-0.2, -0.15) is 5.26 Å². The van der Waals surface area contributed by atoms with E-state index in [1.165, 1.54) is 55.3 Å². The molecule has 1 unspecified atom stereocenters. The Morgan fingerprint density at radius 2 is 1.94 bits per heavy atom. The van der Waals surface area contributed by atoms with E-state index in [-0.39, 0.29) is 17.8 Å². The number of aryl methyl sites for hydroxylation is 1. The first kappa shape index (κ1) is 24.5. The number of nitrogens with one attached hydrogen (secondary N) is 1. The van der Waals surface area contributed by atoms with E-state index in [4.69, 9.17) is 9.72 Å². The molecule has 0 aromatic carbocycles. The summed E-state index contributed by atoms with van der Waals surface area (Å²) in [5.41, 5.74) is 5.24.